The van der Waals surface area contributed by atoms with Crippen molar-refractivity contribution in [1.82, 2.24) is 5.43 Å². The van der Waals surface area contributed by atoms with Crippen LogP contribution < -0.4 is 11.3 Å². The normalized spacial score (nSPS) is 22.5. The fourth-order valence-electron chi connectivity index (χ4n) is 2.22. The molecule has 0 radical (unpaired) electrons. The van der Waals surface area contributed by atoms with Gasteiger partial charge in [0.05, 0.1) is 12.4 Å². The molecule has 1 aromatic heterocycles. The Morgan fingerprint density at radius 1 is 1.62 bits per heavy atom. The van der Waals surface area contributed by atoms with Gasteiger partial charge >= 0.3 is 0 Å². The third-order valence-electron chi connectivity index (χ3n) is 3.16. The smallest absolute Gasteiger partial charge is 0.101 e. The van der Waals surface area contributed by atoms with Gasteiger partial charge in [0.2, 0.25) is 0 Å². The third-order valence-corrected chi connectivity index (χ3v) is 3.16. The zero-order valence-corrected chi connectivity index (χ0v) is 9.74. The Kier molecular flexibility index (Phi) is 3.98. The highest BCUT2D eigenvalue weighted by Gasteiger charge is 2.19. The maximum absolute atomic E-state index is 5.60. The molecular formula is C12H20N2O2. The molecule has 1 saturated heterocycles. The number of hydrogen-bond donors (Lipinski definition) is 2. The summed E-state index contributed by atoms with van der Waals surface area (Å²) in [5, 5.41) is 0. The van der Waals surface area contributed by atoms with E-state index in [0.717, 1.165) is 30.8 Å². The van der Waals surface area contributed by atoms with Crippen LogP contribution >= 0.6 is 0 Å². The lowest BCUT2D eigenvalue weighted by molar-refractivity contribution is 0.0996. The van der Waals surface area contributed by atoms with Gasteiger partial charge in [-0.05, 0) is 38.7 Å². The highest BCUT2D eigenvalue weighted by atomic mass is 16.5. The minimum Gasteiger partial charge on any atom is -0.469 e. The van der Waals surface area contributed by atoms with Gasteiger partial charge in [0.15, 0.2) is 0 Å². The van der Waals surface area contributed by atoms with E-state index in [1.54, 1.807) is 6.26 Å². The van der Waals surface area contributed by atoms with E-state index in [9.17, 15) is 0 Å². The summed E-state index contributed by atoms with van der Waals surface area (Å²) >= 11 is 0. The van der Waals surface area contributed by atoms with Gasteiger partial charge in [0, 0.05) is 18.2 Å². The Morgan fingerprint density at radius 2 is 2.50 bits per heavy atom. The monoisotopic (exact) mass is 224 g/mol. The minimum absolute atomic E-state index is 0.168. The van der Waals surface area contributed by atoms with E-state index in [-0.39, 0.29) is 6.04 Å². The SMILES string of the molecule is Cc1cc(C(CCC2CCCO2)NN)co1. The second-order valence-corrected chi connectivity index (χ2v) is 4.42. The molecule has 0 amide bonds. The van der Waals surface area contributed by atoms with Crippen molar-refractivity contribution in [2.45, 2.75) is 44.8 Å². The van der Waals surface area contributed by atoms with Crippen molar-refractivity contribution in [2.24, 2.45) is 5.84 Å². The van der Waals surface area contributed by atoms with Crippen LogP contribution in [0.3, 0.4) is 0 Å². The summed E-state index contributed by atoms with van der Waals surface area (Å²) in [5.74, 6) is 6.49. The highest BCUT2D eigenvalue weighted by Crippen LogP contribution is 2.24. The van der Waals surface area contributed by atoms with Gasteiger partial charge in [-0.3, -0.25) is 11.3 Å². The van der Waals surface area contributed by atoms with E-state index >= 15 is 0 Å². The van der Waals surface area contributed by atoms with Crippen LogP contribution in [0.15, 0.2) is 16.7 Å². The molecule has 1 aromatic rings. The summed E-state index contributed by atoms with van der Waals surface area (Å²) in [6, 6.07) is 2.20. The molecular weight excluding hydrogens is 204 g/mol. The first kappa shape index (κ1) is 11.6. The van der Waals surface area contributed by atoms with E-state index < -0.39 is 0 Å². The molecule has 4 nitrogen and oxygen atoms in total. The summed E-state index contributed by atoms with van der Waals surface area (Å²) in [6.45, 7) is 2.85. The van der Waals surface area contributed by atoms with Crippen molar-refractivity contribution in [3.8, 4) is 0 Å². The molecule has 16 heavy (non-hydrogen) atoms. The van der Waals surface area contributed by atoms with E-state index in [1.165, 1.54) is 12.8 Å². The Bertz CT molecular complexity index is 319. The van der Waals surface area contributed by atoms with Gasteiger partial charge in [-0.1, -0.05) is 0 Å². The van der Waals surface area contributed by atoms with E-state index in [4.69, 9.17) is 15.0 Å². The van der Waals surface area contributed by atoms with E-state index in [1.807, 2.05) is 13.0 Å². The van der Waals surface area contributed by atoms with Crippen molar-refractivity contribution in [1.29, 1.82) is 0 Å². The number of aryl methyl sites for hydroxylation is 1. The molecule has 1 aliphatic heterocycles. The number of ether oxygens (including phenoxy) is 1. The molecule has 2 rings (SSSR count). The van der Waals surface area contributed by atoms with Gasteiger partial charge in [0.1, 0.15) is 5.76 Å². The van der Waals surface area contributed by atoms with Crippen molar-refractivity contribution in [3.05, 3.63) is 23.7 Å². The summed E-state index contributed by atoms with van der Waals surface area (Å²) < 4.78 is 10.9. The van der Waals surface area contributed by atoms with Crippen LogP contribution in [0.2, 0.25) is 0 Å². The summed E-state index contributed by atoms with van der Waals surface area (Å²) in [6.07, 6.45) is 6.61. The minimum atomic E-state index is 0.168. The highest BCUT2D eigenvalue weighted by molar-refractivity contribution is 5.16. The van der Waals surface area contributed by atoms with Crippen LogP contribution in [-0.2, 0) is 4.74 Å². The lowest BCUT2D eigenvalue weighted by Crippen LogP contribution is -2.28. The van der Waals surface area contributed by atoms with Gasteiger partial charge < -0.3 is 9.15 Å². The predicted molar refractivity (Wildman–Crippen MR) is 61.7 cm³/mol. The predicted octanol–water partition coefficient (Wildman–Crippen LogP) is 2.05. The molecule has 0 saturated carbocycles. The molecule has 0 aliphatic carbocycles. The topological polar surface area (TPSA) is 60.4 Å². The first-order valence-corrected chi connectivity index (χ1v) is 5.92. The quantitative estimate of drug-likeness (QED) is 0.593. The number of nitrogens with one attached hydrogen (secondary N) is 1. The number of rotatable bonds is 5. The van der Waals surface area contributed by atoms with E-state index in [2.05, 4.69) is 5.43 Å². The molecule has 2 atom stereocenters. The Balaban J connectivity index is 1.85. The van der Waals surface area contributed by atoms with Crippen molar-refractivity contribution in [3.63, 3.8) is 0 Å². The molecule has 1 fully saturated rings. The third kappa shape index (κ3) is 2.84. The van der Waals surface area contributed by atoms with Crippen LogP contribution in [0.25, 0.3) is 0 Å². The van der Waals surface area contributed by atoms with Crippen molar-refractivity contribution < 1.29 is 9.15 Å². The van der Waals surface area contributed by atoms with Gasteiger partial charge in [-0.2, -0.15) is 0 Å². The second kappa shape index (κ2) is 5.48. The maximum Gasteiger partial charge on any atom is 0.101 e. The van der Waals surface area contributed by atoms with Crippen LogP contribution in [0.5, 0.6) is 0 Å². The fourth-order valence-corrected chi connectivity index (χ4v) is 2.22. The average molecular weight is 224 g/mol. The Labute approximate surface area is 96.1 Å². The molecule has 0 bridgehead atoms. The second-order valence-electron chi connectivity index (χ2n) is 4.42. The lowest BCUT2D eigenvalue weighted by Gasteiger charge is -2.16. The molecule has 1 aliphatic rings. The zero-order chi connectivity index (χ0) is 11.4. The Morgan fingerprint density at radius 3 is 3.06 bits per heavy atom. The first-order chi connectivity index (χ1) is 7.79. The van der Waals surface area contributed by atoms with Crippen LogP contribution in [0.1, 0.15) is 43.0 Å². The molecule has 0 spiro atoms. The van der Waals surface area contributed by atoms with E-state index in [0.29, 0.717) is 6.10 Å². The number of nitrogens with two attached hydrogens (primary N) is 1. The molecule has 3 N–H and O–H groups in total. The van der Waals surface area contributed by atoms with Crippen LogP contribution in [-0.4, -0.2) is 12.7 Å². The summed E-state index contributed by atoms with van der Waals surface area (Å²) in [4.78, 5) is 0. The first-order valence-electron chi connectivity index (χ1n) is 5.92. The van der Waals surface area contributed by atoms with Crippen LogP contribution in [0, 0.1) is 6.92 Å². The number of hydrazine groups is 1. The van der Waals surface area contributed by atoms with Gasteiger partial charge in [-0.15, -0.1) is 0 Å². The molecule has 2 heterocycles. The molecule has 90 valence electrons. The van der Waals surface area contributed by atoms with Crippen LogP contribution in [0.4, 0.5) is 0 Å². The standard InChI is InChI=1S/C12H20N2O2/c1-9-7-10(8-16-9)12(14-13)5-4-11-3-2-6-15-11/h7-8,11-12,14H,2-6,13H2,1H3. The summed E-state index contributed by atoms with van der Waals surface area (Å²) in [7, 11) is 0. The maximum atomic E-state index is 5.60. The number of furan rings is 1. The van der Waals surface area contributed by atoms with Gasteiger partial charge in [0.25, 0.3) is 0 Å². The summed E-state index contributed by atoms with van der Waals surface area (Å²) in [5.41, 5.74) is 3.96. The average Bonchev–Trinajstić information content (AvgIpc) is 2.91. The molecule has 0 aromatic carbocycles. The van der Waals surface area contributed by atoms with Crippen molar-refractivity contribution >= 4 is 0 Å². The van der Waals surface area contributed by atoms with Gasteiger partial charge in [-0.25, -0.2) is 0 Å². The fraction of sp³-hybridized carbons (Fsp3) is 0.667. The Hall–Kier alpha value is -0.840. The largest absolute Gasteiger partial charge is 0.469 e. The molecule has 2 unspecified atom stereocenters. The molecule has 4 heteroatoms. The van der Waals surface area contributed by atoms with Crippen molar-refractivity contribution in [2.75, 3.05) is 6.61 Å². The lowest BCUT2D eigenvalue weighted by atomic mass is 10.0. The number of hydrogen-bond acceptors (Lipinski definition) is 4. The zero-order valence-electron chi connectivity index (χ0n) is 9.74.